The van der Waals surface area contributed by atoms with E-state index in [9.17, 15) is 19.7 Å². The molecule has 2 aromatic carbocycles. The molecule has 156 valence electrons. The number of fused-ring (bicyclic) bond motifs is 1. The molecule has 0 saturated carbocycles. The number of thiazole rings is 1. The molecular weight excluding hydrogens is 406 g/mol. The number of nitro groups is 1. The van der Waals surface area contributed by atoms with E-state index in [1.165, 1.54) is 35.1 Å². The van der Waals surface area contributed by atoms with Crippen molar-refractivity contribution in [1.82, 2.24) is 4.57 Å². The molecule has 9 heteroatoms. The summed E-state index contributed by atoms with van der Waals surface area (Å²) in [7, 11) is 1.25. The Morgan fingerprint density at radius 3 is 2.40 bits per heavy atom. The second kappa shape index (κ2) is 8.19. The normalized spacial score (nSPS) is 12.2. The summed E-state index contributed by atoms with van der Waals surface area (Å²) in [5.41, 5.74) is 1.79. The molecule has 3 rings (SSSR count). The van der Waals surface area contributed by atoms with Crippen LogP contribution in [0.5, 0.6) is 0 Å². The third-order valence-corrected chi connectivity index (χ3v) is 5.65. The fraction of sp³-hybridized carbons (Fsp3) is 0.286. The molecule has 0 unspecified atom stereocenters. The number of aromatic nitrogens is 1. The molecule has 30 heavy (non-hydrogen) atoms. The molecule has 0 aliphatic heterocycles. The second-order valence-electron chi connectivity index (χ2n) is 7.70. The van der Waals surface area contributed by atoms with E-state index >= 15 is 0 Å². The molecular formula is C21H21N3O5S. The third kappa shape index (κ3) is 4.46. The number of amides is 1. The zero-order chi connectivity index (χ0) is 22.1. The number of methoxy groups -OCH3 is 1. The minimum absolute atomic E-state index is 0.0392. The first-order valence-electron chi connectivity index (χ1n) is 9.14. The molecule has 8 nitrogen and oxygen atoms in total. The van der Waals surface area contributed by atoms with E-state index in [1.807, 2.05) is 12.1 Å². The van der Waals surface area contributed by atoms with Crippen LogP contribution < -0.4 is 4.80 Å². The topological polar surface area (TPSA) is 104 Å². The molecule has 3 aromatic rings. The van der Waals surface area contributed by atoms with Crippen LogP contribution in [-0.4, -0.2) is 28.5 Å². The van der Waals surface area contributed by atoms with E-state index < -0.39 is 16.8 Å². The number of esters is 1. The zero-order valence-corrected chi connectivity index (χ0v) is 17.9. The number of benzene rings is 2. The number of non-ortho nitro benzene ring substituents is 1. The van der Waals surface area contributed by atoms with Crippen LogP contribution in [0.15, 0.2) is 47.5 Å². The van der Waals surface area contributed by atoms with Gasteiger partial charge in [0, 0.05) is 17.7 Å². The fourth-order valence-electron chi connectivity index (χ4n) is 2.87. The van der Waals surface area contributed by atoms with Gasteiger partial charge >= 0.3 is 5.97 Å². The van der Waals surface area contributed by atoms with Crippen LogP contribution in [0.3, 0.4) is 0 Å². The summed E-state index contributed by atoms with van der Waals surface area (Å²) in [4.78, 5) is 39.7. The predicted octanol–water partition coefficient (Wildman–Crippen LogP) is 3.82. The smallest absolute Gasteiger partial charge is 0.325 e. The first kappa shape index (κ1) is 21.4. The molecule has 0 aliphatic carbocycles. The first-order chi connectivity index (χ1) is 14.1. The van der Waals surface area contributed by atoms with Crippen LogP contribution in [0.4, 0.5) is 5.69 Å². The summed E-state index contributed by atoms with van der Waals surface area (Å²) in [6.45, 7) is 6.04. The Labute approximate surface area is 176 Å². The minimum atomic E-state index is -0.551. The number of carbonyl (C=O) groups excluding carboxylic acids is 2. The number of ether oxygens (including phenoxy) is 1. The molecule has 1 amide bonds. The van der Waals surface area contributed by atoms with Crippen molar-refractivity contribution in [3.63, 3.8) is 0 Å². The zero-order valence-electron chi connectivity index (χ0n) is 17.0. The van der Waals surface area contributed by atoms with Gasteiger partial charge in [-0.05, 0) is 29.2 Å². The Bertz CT molecular complexity index is 1200. The molecule has 0 saturated heterocycles. The molecule has 1 aromatic heterocycles. The fourth-order valence-corrected chi connectivity index (χ4v) is 3.88. The average Bonchev–Trinajstić information content (AvgIpc) is 3.03. The molecule has 0 radical (unpaired) electrons. The highest BCUT2D eigenvalue weighted by Crippen LogP contribution is 2.24. The maximum Gasteiger partial charge on any atom is 0.325 e. The van der Waals surface area contributed by atoms with E-state index in [0.717, 1.165) is 5.56 Å². The maximum absolute atomic E-state index is 12.7. The lowest BCUT2D eigenvalue weighted by Gasteiger charge is -2.18. The van der Waals surface area contributed by atoms with Crippen LogP contribution in [0.25, 0.3) is 10.2 Å². The third-order valence-electron chi connectivity index (χ3n) is 4.59. The lowest BCUT2D eigenvalue weighted by Crippen LogP contribution is -2.22. The van der Waals surface area contributed by atoms with Crippen LogP contribution in [0.2, 0.25) is 0 Å². The van der Waals surface area contributed by atoms with Crippen LogP contribution >= 0.6 is 11.3 Å². The number of carbonyl (C=O) groups is 2. The van der Waals surface area contributed by atoms with Gasteiger partial charge in [0.25, 0.3) is 11.6 Å². The Hall–Kier alpha value is -3.33. The Morgan fingerprint density at radius 2 is 1.83 bits per heavy atom. The van der Waals surface area contributed by atoms with Gasteiger partial charge in [-0.1, -0.05) is 44.2 Å². The van der Waals surface area contributed by atoms with Crippen molar-refractivity contribution in [3.8, 4) is 0 Å². The van der Waals surface area contributed by atoms with Crippen molar-refractivity contribution in [2.24, 2.45) is 4.99 Å². The molecule has 0 aliphatic rings. The van der Waals surface area contributed by atoms with E-state index in [4.69, 9.17) is 4.74 Å². The molecule has 1 heterocycles. The van der Waals surface area contributed by atoms with Gasteiger partial charge in [-0.2, -0.15) is 4.99 Å². The number of nitro benzene ring substituents is 1. The van der Waals surface area contributed by atoms with E-state index in [-0.39, 0.29) is 22.4 Å². The SMILES string of the molecule is COC(=O)Cn1c(=NC(=O)c2ccc(C(C)(C)C)cc2)sc2ccc([N+](=O)[O-])cc21. The summed E-state index contributed by atoms with van der Waals surface area (Å²) < 4.78 is 6.85. The first-order valence-corrected chi connectivity index (χ1v) is 9.96. The maximum atomic E-state index is 12.7. The van der Waals surface area contributed by atoms with E-state index in [1.54, 1.807) is 18.2 Å². The quantitative estimate of drug-likeness (QED) is 0.358. The van der Waals surface area contributed by atoms with Gasteiger partial charge in [-0.15, -0.1) is 0 Å². The summed E-state index contributed by atoms with van der Waals surface area (Å²) in [6.07, 6.45) is 0. The molecule has 0 bridgehead atoms. The van der Waals surface area contributed by atoms with Crippen LogP contribution in [-0.2, 0) is 21.5 Å². The standard InChI is InChI=1S/C21H21N3O5S/c1-21(2,3)14-7-5-13(6-8-14)19(26)22-20-23(12-18(25)29-4)16-11-15(24(27)28)9-10-17(16)30-20/h5-11H,12H2,1-4H3. The summed E-state index contributed by atoms with van der Waals surface area (Å²) in [5.74, 6) is -1.01. The van der Waals surface area contributed by atoms with Gasteiger partial charge in [0.05, 0.1) is 22.2 Å². The van der Waals surface area contributed by atoms with Crippen molar-refractivity contribution >= 4 is 39.1 Å². The Balaban J connectivity index is 2.10. The van der Waals surface area contributed by atoms with Gasteiger partial charge < -0.3 is 9.30 Å². The summed E-state index contributed by atoms with van der Waals surface area (Å²) in [6, 6.07) is 11.5. The van der Waals surface area contributed by atoms with Crippen molar-refractivity contribution in [2.45, 2.75) is 32.7 Å². The van der Waals surface area contributed by atoms with Gasteiger partial charge in [0.2, 0.25) is 0 Å². The molecule has 0 N–H and O–H groups in total. The van der Waals surface area contributed by atoms with Crippen molar-refractivity contribution < 1.29 is 19.2 Å². The van der Waals surface area contributed by atoms with Crippen LogP contribution in [0.1, 0.15) is 36.7 Å². The molecule has 0 atom stereocenters. The number of rotatable bonds is 4. The summed E-state index contributed by atoms with van der Waals surface area (Å²) in [5, 5.41) is 11.1. The van der Waals surface area contributed by atoms with Gasteiger partial charge in [0.1, 0.15) is 6.54 Å². The molecule has 0 fully saturated rings. The predicted molar refractivity (Wildman–Crippen MR) is 114 cm³/mol. The monoisotopic (exact) mass is 427 g/mol. The lowest BCUT2D eigenvalue weighted by molar-refractivity contribution is -0.384. The van der Waals surface area contributed by atoms with E-state index in [0.29, 0.717) is 15.8 Å². The van der Waals surface area contributed by atoms with Crippen molar-refractivity contribution in [3.05, 3.63) is 68.5 Å². The minimum Gasteiger partial charge on any atom is -0.468 e. The highest BCUT2D eigenvalue weighted by atomic mass is 32.1. The van der Waals surface area contributed by atoms with E-state index in [2.05, 4.69) is 25.8 Å². The summed E-state index contributed by atoms with van der Waals surface area (Å²) >= 11 is 1.17. The lowest BCUT2D eigenvalue weighted by atomic mass is 9.87. The second-order valence-corrected chi connectivity index (χ2v) is 8.71. The van der Waals surface area contributed by atoms with Crippen molar-refractivity contribution in [2.75, 3.05) is 7.11 Å². The Morgan fingerprint density at radius 1 is 1.17 bits per heavy atom. The van der Waals surface area contributed by atoms with Crippen molar-refractivity contribution in [1.29, 1.82) is 0 Å². The van der Waals surface area contributed by atoms with Crippen LogP contribution in [0, 0.1) is 10.1 Å². The highest BCUT2D eigenvalue weighted by Gasteiger charge is 2.17. The Kier molecular flexibility index (Phi) is 5.84. The largest absolute Gasteiger partial charge is 0.468 e. The number of nitrogens with zero attached hydrogens (tertiary/aromatic N) is 3. The number of hydrogen-bond donors (Lipinski definition) is 0. The number of hydrogen-bond acceptors (Lipinski definition) is 6. The molecule has 0 spiro atoms. The van der Waals surface area contributed by atoms with Gasteiger partial charge in [-0.25, -0.2) is 0 Å². The van der Waals surface area contributed by atoms with Gasteiger partial charge in [0.15, 0.2) is 4.80 Å². The highest BCUT2D eigenvalue weighted by molar-refractivity contribution is 7.16. The average molecular weight is 427 g/mol. The van der Waals surface area contributed by atoms with Gasteiger partial charge in [-0.3, -0.25) is 19.7 Å².